The molecule has 0 radical (unpaired) electrons. The summed E-state index contributed by atoms with van der Waals surface area (Å²) in [6.07, 6.45) is 3.40. The first-order valence-electron chi connectivity index (χ1n) is 4.64. The van der Waals surface area contributed by atoms with Crippen LogP contribution in [0.5, 0.6) is 0 Å². The first kappa shape index (κ1) is 8.69. The maximum absolute atomic E-state index is 8.58. The van der Waals surface area contributed by atoms with Crippen molar-refractivity contribution in [3.63, 3.8) is 0 Å². The molecule has 0 fully saturated rings. The van der Waals surface area contributed by atoms with Crippen LogP contribution in [0.25, 0.3) is 0 Å². The predicted molar refractivity (Wildman–Crippen MR) is 50.2 cm³/mol. The molecule has 0 bridgehead atoms. The summed E-state index contributed by atoms with van der Waals surface area (Å²) in [4.78, 5) is 0. The van der Waals surface area contributed by atoms with E-state index in [0.29, 0.717) is 0 Å². The van der Waals surface area contributed by atoms with Crippen molar-refractivity contribution >= 4 is 0 Å². The average Bonchev–Trinajstić information content (AvgIpc) is 2.19. The van der Waals surface area contributed by atoms with E-state index in [1.54, 1.807) is 0 Å². The van der Waals surface area contributed by atoms with Crippen LogP contribution in [0, 0.1) is 0 Å². The minimum Gasteiger partial charge on any atom is -0.302 e. The monoisotopic (exact) mass is 178 g/mol. The Bertz CT molecular complexity index is 288. The van der Waals surface area contributed by atoms with Crippen LogP contribution in [-0.4, -0.2) is 5.21 Å². The molecule has 1 aromatic carbocycles. The molecule has 0 spiro atoms. The largest absolute Gasteiger partial charge is 0.302 e. The topological polar surface area (TPSA) is 44.3 Å². The van der Waals surface area contributed by atoms with Gasteiger partial charge in [0.1, 0.15) is 0 Å². The Balaban J connectivity index is 2.26. The molecule has 3 nitrogen and oxygen atoms in total. The van der Waals surface area contributed by atoms with E-state index in [1.807, 2.05) is 11.7 Å². The first-order valence-corrected chi connectivity index (χ1v) is 4.64. The van der Waals surface area contributed by atoms with E-state index in [4.69, 9.17) is 5.21 Å². The van der Waals surface area contributed by atoms with Crippen molar-refractivity contribution in [1.82, 2.24) is 11.0 Å². The lowest BCUT2D eigenvalue weighted by Gasteiger charge is -2.25. The second-order valence-electron chi connectivity index (χ2n) is 3.40. The molecular formula is C10H14N2O. The summed E-state index contributed by atoms with van der Waals surface area (Å²) in [5.74, 6) is 0. The van der Waals surface area contributed by atoms with Gasteiger partial charge in [-0.3, -0.25) is 0 Å². The average molecular weight is 178 g/mol. The quantitative estimate of drug-likeness (QED) is 0.602. The minimum atomic E-state index is 0.245. The van der Waals surface area contributed by atoms with Crippen molar-refractivity contribution in [3.05, 3.63) is 35.4 Å². The standard InChI is InChI=1S/C10H14N2O/c13-12-11-10-7-3-5-8-4-1-2-6-9(8)10/h1-2,4,6,10-13H,3,5,7H2. The van der Waals surface area contributed by atoms with Gasteiger partial charge >= 0.3 is 0 Å². The van der Waals surface area contributed by atoms with E-state index < -0.39 is 0 Å². The van der Waals surface area contributed by atoms with Gasteiger partial charge in [0.2, 0.25) is 0 Å². The molecule has 0 aromatic heterocycles. The molecule has 0 aliphatic heterocycles. The predicted octanol–water partition coefficient (Wildman–Crippen LogP) is 1.55. The van der Waals surface area contributed by atoms with Crippen molar-refractivity contribution in [2.45, 2.75) is 25.3 Å². The van der Waals surface area contributed by atoms with Crippen LogP contribution in [0.4, 0.5) is 0 Å². The highest BCUT2D eigenvalue weighted by Crippen LogP contribution is 2.28. The fourth-order valence-corrected chi connectivity index (χ4v) is 1.98. The van der Waals surface area contributed by atoms with Gasteiger partial charge in [-0.05, 0) is 30.4 Å². The molecule has 0 heterocycles. The van der Waals surface area contributed by atoms with Crippen LogP contribution in [0.1, 0.15) is 30.0 Å². The Morgan fingerprint density at radius 2 is 2.15 bits per heavy atom. The second kappa shape index (κ2) is 3.87. The lowest BCUT2D eigenvalue weighted by Crippen LogP contribution is -2.34. The van der Waals surface area contributed by atoms with Gasteiger partial charge in [-0.2, -0.15) is 0 Å². The van der Waals surface area contributed by atoms with Gasteiger partial charge in [-0.15, -0.1) is 5.59 Å². The zero-order chi connectivity index (χ0) is 9.10. The third-order valence-corrected chi connectivity index (χ3v) is 2.61. The molecule has 2 rings (SSSR count). The van der Waals surface area contributed by atoms with E-state index in [-0.39, 0.29) is 6.04 Å². The van der Waals surface area contributed by atoms with E-state index in [0.717, 1.165) is 12.8 Å². The van der Waals surface area contributed by atoms with Gasteiger partial charge in [0, 0.05) is 6.04 Å². The summed E-state index contributed by atoms with van der Waals surface area (Å²) in [5, 5.41) is 8.58. The maximum atomic E-state index is 8.58. The van der Waals surface area contributed by atoms with E-state index in [1.165, 1.54) is 17.5 Å². The zero-order valence-corrected chi connectivity index (χ0v) is 7.46. The summed E-state index contributed by atoms with van der Waals surface area (Å²) < 4.78 is 0. The van der Waals surface area contributed by atoms with Gasteiger partial charge < -0.3 is 5.21 Å². The summed E-state index contributed by atoms with van der Waals surface area (Å²) in [7, 11) is 0. The third-order valence-electron chi connectivity index (χ3n) is 2.61. The van der Waals surface area contributed by atoms with Crippen molar-refractivity contribution in [2.75, 3.05) is 0 Å². The van der Waals surface area contributed by atoms with E-state index in [2.05, 4.69) is 23.6 Å². The fourth-order valence-electron chi connectivity index (χ4n) is 1.98. The molecule has 1 aliphatic carbocycles. The maximum Gasteiger partial charge on any atom is 0.0487 e. The van der Waals surface area contributed by atoms with E-state index in [9.17, 15) is 0 Å². The third kappa shape index (κ3) is 1.72. The second-order valence-corrected chi connectivity index (χ2v) is 3.40. The highest BCUT2D eigenvalue weighted by atomic mass is 16.5. The smallest absolute Gasteiger partial charge is 0.0487 e. The summed E-state index contributed by atoms with van der Waals surface area (Å²) in [6.45, 7) is 0. The lowest BCUT2D eigenvalue weighted by molar-refractivity contribution is 0.100. The zero-order valence-electron chi connectivity index (χ0n) is 7.46. The molecule has 70 valence electrons. The number of hydrogen-bond acceptors (Lipinski definition) is 3. The Kier molecular flexibility index (Phi) is 2.59. The number of fused-ring (bicyclic) bond motifs is 1. The molecule has 3 N–H and O–H groups in total. The van der Waals surface area contributed by atoms with Gasteiger partial charge in [0.15, 0.2) is 0 Å². The molecule has 1 atom stereocenters. The van der Waals surface area contributed by atoms with E-state index >= 15 is 0 Å². The van der Waals surface area contributed by atoms with Crippen LogP contribution in [0.3, 0.4) is 0 Å². The molecule has 1 aromatic rings. The Labute approximate surface area is 77.7 Å². The van der Waals surface area contributed by atoms with Crippen LogP contribution in [-0.2, 0) is 6.42 Å². The van der Waals surface area contributed by atoms with Crippen molar-refractivity contribution in [1.29, 1.82) is 0 Å². The fraction of sp³-hybridized carbons (Fsp3) is 0.400. The molecule has 3 heteroatoms. The van der Waals surface area contributed by atoms with Crippen LogP contribution < -0.4 is 11.0 Å². The highest BCUT2D eigenvalue weighted by molar-refractivity contribution is 5.31. The van der Waals surface area contributed by atoms with Crippen LogP contribution in [0.2, 0.25) is 0 Å². The van der Waals surface area contributed by atoms with Crippen molar-refractivity contribution in [2.24, 2.45) is 0 Å². The molecular weight excluding hydrogens is 164 g/mol. The first-order chi connectivity index (χ1) is 6.42. The molecule has 0 amide bonds. The lowest BCUT2D eigenvalue weighted by atomic mass is 9.88. The minimum absolute atomic E-state index is 0.245. The molecule has 1 unspecified atom stereocenters. The van der Waals surface area contributed by atoms with Crippen molar-refractivity contribution < 1.29 is 5.21 Å². The number of hydrazine groups is 1. The molecule has 13 heavy (non-hydrogen) atoms. The van der Waals surface area contributed by atoms with Crippen molar-refractivity contribution in [3.8, 4) is 0 Å². The number of nitrogens with one attached hydrogen (secondary N) is 2. The Morgan fingerprint density at radius 3 is 3.00 bits per heavy atom. The van der Waals surface area contributed by atoms with Gasteiger partial charge in [-0.25, -0.2) is 5.43 Å². The summed E-state index contributed by atoms with van der Waals surface area (Å²) in [6, 6.07) is 8.61. The van der Waals surface area contributed by atoms with Gasteiger partial charge in [0.05, 0.1) is 0 Å². The highest BCUT2D eigenvalue weighted by Gasteiger charge is 2.18. The summed E-state index contributed by atoms with van der Waals surface area (Å²) in [5.41, 5.74) is 7.57. The number of benzene rings is 1. The normalized spacial score (nSPS) is 21.2. The molecule has 0 saturated carbocycles. The number of aryl methyl sites for hydroxylation is 1. The van der Waals surface area contributed by atoms with Crippen LogP contribution >= 0.6 is 0 Å². The Morgan fingerprint density at radius 1 is 1.31 bits per heavy atom. The number of rotatable bonds is 2. The van der Waals surface area contributed by atoms with Gasteiger partial charge in [-0.1, -0.05) is 24.3 Å². The SMILES string of the molecule is ONNC1CCCc2ccccc21. The molecule has 1 aliphatic rings. The van der Waals surface area contributed by atoms with Gasteiger partial charge in [0.25, 0.3) is 0 Å². The van der Waals surface area contributed by atoms with Crippen LogP contribution in [0.15, 0.2) is 24.3 Å². The number of hydrogen-bond donors (Lipinski definition) is 3. The Hall–Kier alpha value is -0.900. The molecule has 0 saturated heterocycles. The summed E-state index contributed by atoms with van der Waals surface area (Å²) >= 11 is 0.